The topological polar surface area (TPSA) is 92.6 Å². The van der Waals surface area contributed by atoms with Crippen molar-refractivity contribution < 1.29 is 19.4 Å². The highest BCUT2D eigenvalue weighted by atomic mass is 32.1. The maximum absolute atomic E-state index is 13.0. The Labute approximate surface area is 141 Å². The van der Waals surface area contributed by atoms with Crippen LogP contribution in [-0.4, -0.2) is 43.0 Å². The summed E-state index contributed by atoms with van der Waals surface area (Å²) >= 11 is 1.09. The molecule has 5 rings (SSSR count). The number of rotatable bonds is 1. The van der Waals surface area contributed by atoms with Crippen LogP contribution in [0.5, 0.6) is 0 Å². The normalized spacial score (nSPS) is 40.8. The molecule has 0 saturated carbocycles. The van der Waals surface area contributed by atoms with E-state index in [9.17, 15) is 14.7 Å². The Bertz CT molecular complexity index is 914. The van der Waals surface area contributed by atoms with Gasteiger partial charge in [-0.1, -0.05) is 0 Å². The predicted octanol–water partition coefficient (Wildman–Crippen LogP) is 1.11. The summed E-state index contributed by atoms with van der Waals surface area (Å²) in [7, 11) is 0. The number of aliphatic hydroxyl groups is 1. The highest BCUT2D eigenvalue weighted by Crippen LogP contribution is 2.60. The van der Waals surface area contributed by atoms with Gasteiger partial charge < -0.3 is 9.84 Å². The average molecular weight is 345 g/mol. The van der Waals surface area contributed by atoms with Gasteiger partial charge in [-0.3, -0.25) is 9.59 Å². The second-order valence-corrected chi connectivity index (χ2v) is 7.75. The fourth-order valence-corrected chi connectivity index (χ4v) is 5.20. The number of anilines is 1. The molecule has 1 aromatic carbocycles. The summed E-state index contributed by atoms with van der Waals surface area (Å²) in [6.07, 6.45) is -0.377. The number of aliphatic hydroxyl groups excluding tert-OH is 1. The van der Waals surface area contributed by atoms with Crippen LogP contribution in [0, 0.1) is 11.8 Å². The minimum absolute atomic E-state index is 0.259. The number of fused-ring (bicyclic) bond motifs is 6. The van der Waals surface area contributed by atoms with Gasteiger partial charge >= 0.3 is 0 Å². The van der Waals surface area contributed by atoms with Crippen LogP contribution in [0.3, 0.4) is 0 Å². The van der Waals surface area contributed by atoms with Gasteiger partial charge in [0, 0.05) is 6.42 Å². The van der Waals surface area contributed by atoms with Crippen LogP contribution in [0.2, 0.25) is 0 Å². The lowest BCUT2D eigenvalue weighted by molar-refractivity contribution is -0.132. The van der Waals surface area contributed by atoms with E-state index in [0.717, 1.165) is 17.2 Å². The van der Waals surface area contributed by atoms with Crippen LogP contribution in [0.4, 0.5) is 5.69 Å². The summed E-state index contributed by atoms with van der Waals surface area (Å²) in [6.45, 7) is 3.55. The van der Waals surface area contributed by atoms with Crippen molar-refractivity contribution in [3.63, 3.8) is 0 Å². The van der Waals surface area contributed by atoms with Crippen LogP contribution in [0.15, 0.2) is 18.2 Å². The molecule has 2 bridgehead atoms. The van der Waals surface area contributed by atoms with Crippen molar-refractivity contribution in [3.8, 4) is 0 Å². The summed E-state index contributed by atoms with van der Waals surface area (Å²) in [4.78, 5) is 27.3. The molecule has 0 radical (unpaired) electrons. The Balaban J connectivity index is 1.63. The number of amides is 2. The third-order valence-corrected chi connectivity index (χ3v) is 6.35. The molecule has 2 amide bonds. The smallest absolute Gasteiger partial charge is 0.240 e. The molecule has 7 nitrogen and oxygen atoms in total. The summed E-state index contributed by atoms with van der Waals surface area (Å²) in [5.41, 5.74) is 0.0908. The van der Waals surface area contributed by atoms with Gasteiger partial charge in [-0.05, 0) is 32.0 Å². The largest absolute Gasteiger partial charge is 0.390 e. The van der Waals surface area contributed by atoms with Gasteiger partial charge in [-0.25, -0.2) is 4.90 Å². The summed E-state index contributed by atoms with van der Waals surface area (Å²) in [5.74, 6) is -1.77. The molecule has 3 saturated heterocycles. The quantitative estimate of drug-likeness (QED) is 0.779. The molecule has 24 heavy (non-hydrogen) atoms. The van der Waals surface area contributed by atoms with Crippen LogP contribution >= 0.6 is 11.7 Å². The van der Waals surface area contributed by atoms with Crippen molar-refractivity contribution >= 4 is 40.3 Å². The number of hydrogen-bond donors (Lipinski definition) is 1. The van der Waals surface area contributed by atoms with E-state index >= 15 is 0 Å². The molecule has 1 aromatic heterocycles. The van der Waals surface area contributed by atoms with Crippen molar-refractivity contribution in [2.24, 2.45) is 11.8 Å². The maximum Gasteiger partial charge on any atom is 0.240 e. The maximum atomic E-state index is 13.0. The van der Waals surface area contributed by atoms with Crippen molar-refractivity contribution in [1.82, 2.24) is 8.75 Å². The first-order valence-electron chi connectivity index (χ1n) is 7.83. The molecule has 2 aromatic rings. The van der Waals surface area contributed by atoms with Crippen molar-refractivity contribution in [2.45, 2.75) is 37.6 Å². The van der Waals surface area contributed by atoms with Crippen molar-refractivity contribution in [1.29, 1.82) is 0 Å². The number of carbonyl (C=O) groups is 2. The molecule has 0 spiro atoms. The Morgan fingerprint density at radius 2 is 1.92 bits per heavy atom. The monoisotopic (exact) mass is 345 g/mol. The molecule has 8 heteroatoms. The van der Waals surface area contributed by atoms with E-state index in [1.165, 1.54) is 4.90 Å². The van der Waals surface area contributed by atoms with Gasteiger partial charge in [0.05, 0.1) is 41.0 Å². The predicted molar refractivity (Wildman–Crippen MR) is 85.4 cm³/mol. The van der Waals surface area contributed by atoms with E-state index < -0.39 is 29.1 Å². The molecule has 0 unspecified atom stereocenters. The number of carbonyl (C=O) groups excluding carboxylic acids is 2. The van der Waals surface area contributed by atoms with E-state index in [0.29, 0.717) is 17.6 Å². The zero-order valence-corrected chi connectivity index (χ0v) is 13.9. The molecule has 3 aliphatic rings. The number of nitrogens with zero attached hydrogens (tertiary/aromatic N) is 3. The number of benzene rings is 1. The summed E-state index contributed by atoms with van der Waals surface area (Å²) in [6, 6.07) is 5.18. The van der Waals surface area contributed by atoms with Gasteiger partial charge in [0.15, 0.2) is 0 Å². The van der Waals surface area contributed by atoms with E-state index in [4.69, 9.17) is 4.74 Å². The molecule has 4 heterocycles. The number of ether oxygens (including phenoxy) is 1. The van der Waals surface area contributed by atoms with E-state index in [-0.39, 0.29) is 11.8 Å². The SMILES string of the molecule is C[C@@]12O[C@@](C)(C[C@H]1O)[C@@H]1C(=O)N(c3ccc4nsnc4c3)C(=O)[C@@H]12. The fourth-order valence-electron chi connectivity index (χ4n) is 4.69. The lowest BCUT2D eigenvalue weighted by Crippen LogP contribution is -2.49. The number of aromatic nitrogens is 2. The fraction of sp³-hybridized carbons (Fsp3) is 0.500. The van der Waals surface area contributed by atoms with Crippen molar-refractivity contribution in [2.75, 3.05) is 4.90 Å². The molecular formula is C16H15N3O4S. The number of imide groups is 1. The van der Waals surface area contributed by atoms with Gasteiger partial charge in [-0.15, -0.1) is 0 Å². The lowest BCUT2D eigenvalue weighted by Gasteiger charge is -2.31. The Kier molecular flexibility index (Phi) is 2.52. The van der Waals surface area contributed by atoms with Crippen LogP contribution < -0.4 is 4.90 Å². The van der Waals surface area contributed by atoms with Crippen LogP contribution in [0.1, 0.15) is 20.3 Å². The van der Waals surface area contributed by atoms with E-state index in [1.807, 2.05) is 6.92 Å². The minimum atomic E-state index is -1.01. The first-order valence-corrected chi connectivity index (χ1v) is 8.56. The summed E-state index contributed by atoms with van der Waals surface area (Å²) in [5, 5.41) is 10.3. The molecule has 0 aliphatic carbocycles. The third kappa shape index (κ3) is 1.49. The Morgan fingerprint density at radius 1 is 1.21 bits per heavy atom. The standard InChI is InChI=1S/C16H15N3O4S/c1-15-6-10(20)16(2,23-15)12-11(15)13(21)19(14(12)22)7-3-4-8-9(5-7)18-24-17-8/h3-5,10-12,20H,6H2,1-2H3/t10-,11+,12-,15+,16-/m1/s1. The minimum Gasteiger partial charge on any atom is -0.390 e. The zero-order chi connectivity index (χ0) is 16.9. The summed E-state index contributed by atoms with van der Waals surface area (Å²) < 4.78 is 14.3. The molecule has 5 atom stereocenters. The van der Waals surface area contributed by atoms with Crippen molar-refractivity contribution in [3.05, 3.63) is 18.2 Å². The van der Waals surface area contributed by atoms with Gasteiger partial charge in [0.1, 0.15) is 16.6 Å². The first kappa shape index (κ1) is 14.4. The Hall–Kier alpha value is -1.90. The lowest BCUT2D eigenvalue weighted by atomic mass is 9.67. The molecule has 124 valence electrons. The second-order valence-electron chi connectivity index (χ2n) is 7.22. The average Bonchev–Trinajstić information content (AvgIpc) is 3.19. The van der Waals surface area contributed by atoms with E-state index in [1.54, 1.807) is 25.1 Å². The molecule has 1 N–H and O–H groups in total. The highest BCUT2D eigenvalue weighted by molar-refractivity contribution is 7.00. The van der Waals surface area contributed by atoms with Crippen LogP contribution in [0.25, 0.3) is 11.0 Å². The molecular weight excluding hydrogens is 330 g/mol. The van der Waals surface area contributed by atoms with E-state index in [2.05, 4.69) is 8.75 Å². The third-order valence-electron chi connectivity index (χ3n) is 5.79. The van der Waals surface area contributed by atoms with Crippen LogP contribution in [-0.2, 0) is 14.3 Å². The van der Waals surface area contributed by atoms with Gasteiger partial charge in [0.25, 0.3) is 0 Å². The highest BCUT2D eigenvalue weighted by Gasteiger charge is 2.75. The second kappa shape index (κ2) is 4.19. The Morgan fingerprint density at radius 3 is 2.71 bits per heavy atom. The first-order chi connectivity index (χ1) is 11.3. The number of hydrogen-bond acceptors (Lipinski definition) is 7. The molecule has 3 fully saturated rings. The van der Waals surface area contributed by atoms with Gasteiger partial charge in [0.2, 0.25) is 11.8 Å². The molecule has 3 aliphatic heterocycles. The zero-order valence-electron chi connectivity index (χ0n) is 13.1. The van der Waals surface area contributed by atoms with Gasteiger partial charge in [-0.2, -0.15) is 8.75 Å².